The maximum Gasteiger partial charge on any atom is 0.217 e. The third kappa shape index (κ3) is 1.47. The van der Waals surface area contributed by atoms with E-state index in [1.54, 1.807) is 6.92 Å². The second kappa shape index (κ2) is 2.79. The summed E-state index contributed by atoms with van der Waals surface area (Å²) < 4.78 is 0. The van der Waals surface area contributed by atoms with Crippen LogP contribution in [0.5, 0.6) is 0 Å². The molecule has 16 heavy (non-hydrogen) atoms. The fraction of sp³-hybridized carbons (Fsp3) is 0.917. The predicted molar refractivity (Wildman–Crippen MR) is 61.6 cm³/mol. The molecule has 4 saturated carbocycles. The quantitative estimate of drug-likeness (QED) is 0.596. The molecular weight excluding hydrogens is 202 g/mol. The topological polar surface area (TPSA) is 81.1 Å². The van der Waals surface area contributed by atoms with Crippen LogP contribution in [0.1, 0.15) is 45.4 Å². The van der Waals surface area contributed by atoms with Crippen molar-refractivity contribution < 1.29 is 4.79 Å². The minimum atomic E-state index is -0.128. The van der Waals surface area contributed by atoms with Gasteiger partial charge in [-0.25, -0.2) is 0 Å². The molecule has 0 aliphatic heterocycles. The van der Waals surface area contributed by atoms with Crippen molar-refractivity contribution in [2.75, 3.05) is 0 Å². The van der Waals surface area contributed by atoms with Crippen LogP contribution >= 0.6 is 0 Å². The Bertz CT molecular complexity index is 336. The van der Waals surface area contributed by atoms with Crippen molar-refractivity contribution in [3.05, 3.63) is 0 Å². The van der Waals surface area contributed by atoms with Crippen molar-refractivity contribution in [1.82, 2.24) is 5.32 Å². The van der Waals surface area contributed by atoms with Gasteiger partial charge >= 0.3 is 0 Å². The van der Waals surface area contributed by atoms with Crippen molar-refractivity contribution in [3.63, 3.8) is 0 Å². The zero-order chi connectivity index (χ0) is 11.6. The highest BCUT2D eigenvalue weighted by Gasteiger charge is 2.61. The molecule has 4 fully saturated rings. The van der Waals surface area contributed by atoms with Gasteiger partial charge in [0.05, 0.1) is 0 Å². The van der Waals surface area contributed by atoms with Crippen molar-refractivity contribution >= 4 is 5.91 Å². The third-order valence-electron chi connectivity index (χ3n) is 4.60. The van der Waals surface area contributed by atoms with Gasteiger partial charge in [-0.3, -0.25) is 4.79 Å². The molecule has 1 amide bonds. The van der Waals surface area contributed by atoms with Crippen molar-refractivity contribution in [2.24, 2.45) is 17.4 Å². The number of nitrogens with two attached hydrogens (primary N) is 2. The van der Waals surface area contributed by atoms with Crippen molar-refractivity contribution in [3.8, 4) is 0 Å². The smallest absolute Gasteiger partial charge is 0.217 e. The normalized spacial score (nSPS) is 54.1. The van der Waals surface area contributed by atoms with Crippen LogP contribution in [0, 0.1) is 5.92 Å². The van der Waals surface area contributed by atoms with Crippen LogP contribution in [-0.4, -0.2) is 22.5 Å². The van der Waals surface area contributed by atoms with Crippen LogP contribution in [0.15, 0.2) is 0 Å². The van der Waals surface area contributed by atoms with Crippen LogP contribution in [0.3, 0.4) is 0 Å². The fourth-order valence-corrected chi connectivity index (χ4v) is 5.10. The van der Waals surface area contributed by atoms with Crippen molar-refractivity contribution in [2.45, 2.75) is 62.1 Å². The molecule has 4 rings (SSSR count). The SMILES string of the molecule is CC(=O)NC12CC3CC(N)(CC(N)(C3)C1)C2. The summed E-state index contributed by atoms with van der Waals surface area (Å²) in [6, 6.07) is 0. The highest BCUT2D eigenvalue weighted by molar-refractivity contribution is 5.74. The lowest BCUT2D eigenvalue weighted by Gasteiger charge is -2.64. The molecule has 4 heteroatoms. The molecule has 90 valence electrons. The summed E-state index contributed by atoms with van der Waals surface area (Å²) in [6.45, 7) is 1.59. The van der Waals surface area contributed by atoms with Gasteiger partial charge < -0.3 is 16.8 Å². The third-order valence-corrected chi connectivity index (χ3v) is 4.60. The van der Waals surface area contributed by atoms with Gasteiger partial charge in [0.2, 0.25) is 5.91 Å². The van der Waals surface area contributed by atoms with Gasteiger partial charge in [-0.05, 0) is 44.4 Å². The molecule has 4 aliphatic carbocycles. The summed E-state index contributed by atoms with van der Waals surface area (Å²) in [4.78, 5) is 11.3. The van der Waals surface area contributed by atoms with Gasteiger partial charge in [0.1, 0.15) is 0 Å². The number of carbonyl (C=O) groups is 1. The Labute approximate surface area is 96.1 Å². The number of amides is 1. The Morgan fingerprint density at radius 1 is 1.12 bits per heavy atom. The van der Waals surface area contributed by atoms with Gasteiger partial charge in [-0.2, -0.15) is 0 Å². The van der Waals surface area contributed by atoms with E-state index in [0.717, 1.165) is 38.5 Å². The molecule has 0 heterocycles. The average Bonchev–Trinajstić information content (AvgIpc) is 1.91. The summed E-state index contributed by atoms with van der Waals surface area (Å²) in [5, 5.41) is 3.14. The predicted octanol–water partition coefficient (Wildman–Crippen LogP) is 0.254. The van der Waals surface area contributed by atoms with E-state index >= 15 is 0 Å². The molecule has 2 unspecified atom stereocenters. The second-order valence-corrected chi connectivity index (χ2v) is 6.69. The van der Waals surface area contributed by atoms with E-state index in [4.69, 9.17) is 11.5 Å². The first-order chi connectivity index (χ1) is 7.32. The molecule has 0 aromatic heterocycles. The zero-order valence-corrected chi connectivity index (χ0v) is 9.88. The molecule has 0 saturated heterocycles. The number of carbonyl (C=O) groups excluding carboxylic acids is 1. The molecular formula is C12H21N3O. The molecule has 0 radical (unpaired) electrons. The van der Waals surface area contributed by atoms with Crippen LogP contribution in [0.4, 0.5) is 0 Å². The molecule has 0 aromatic rings. The van der Waals surface area contributed by atoms with Crippen LogP contribution < -0.4 is 16.8 Å². The molecule has 4 nitrogen and oxygen atoms in total. The fourth-order valence-electron chi connectivity index (χ4n) is 5.10. The number of hydrogen-bond acceptors (Lipinski definition) is 3. The second-order valence-electron chi connectivity index (χ2n) is 6.69. The van der Waals surface area contributed by atoms with Crippen LogP contribution in [0.2, 0.25) is 0 Å². The zero-order valence-electron chi connectivity index (χ0n) is 9.88. The minimum Gasteiger partial charge on any atom is -0.351 e. The Hall–Kier alpha value is -0.610. The van der Waals surface area contributed by atoms with E-state index in [2.05, 4.69) is 5.32 Å². The first-order valence-electron chi connectivity index (χ1n) is 6.19. The van der Waals surface area contributed by atoms with Gasteiger partial charge in [0.25, 0.3) is 0 Å². The molecule has 4 aliphatic rings. The summed E-state index contributed by atoms with van der Waals surface area (Å²) in [5.74, 6) is 0.659. The molecule has 0 aromatic carbocycles. The van der Waals surface area contributed by atoms with Gasteiger partial charge in [0.15, 0.2) is 0 Å². The molecule has 4 bridgehead atoms. The Balaban J connectivity index is 1.95. The maximum absolute atomic E-state index is 11.3. The average molecular weight is 223 g/mol. The minimum absolute atomic E-state index is 0.0501. The van der Waals surface area contributed by atoms with Gasteiger partial charge in [-0.15, -0.1) is 0 Å². The number of nitrogens with one attached hydrogen (secondary N) is 1. The highest BCUT2D eigenvalue weighted by atomic mass is 16.1. The van der Waals surface area contributed by atoms with E-state index in [9.17, 15) is 4.79 Å². The summed E-state index contributed by atoms with van der Waals surface area (Å²) in [5.41, 5.74) is 12.5. The molecule has 2 atom stereocenters. The number of rotatable bonds is 1. The molecule has 0 spiro atoms. The van der Waals surface area contributed by atoms with Crippen LogP contribution in [0.25, 0.3) is 0 Å². The van der Waals surface area contributed by atoms with E-state index in [-0.39, 0.29) is 22.5 Å². The lowest BCUT2D eigenvalue weighted by atomic mass is 9.47. The largest absolute Gasteiger partial charge is 0.351 e. The molecule has 5 N–H and O–H groups in total. The van der Waals surface area contributed by atoms with Crippen LogP contribution in [-0.2, 0) is 4.79 Å². The Morgan fingerprint density at radius 3 is 2.12 bits per heavy atom. The Morgan fingerprint density at radius 2 is 1.69 bits per heavy atom. The highest BCUT2D eigenvalue weighted by Crippen LogP contribution is 2.57. The van der Waals surface area contributed by atoms with E-state index < -0.39 is 0 Å². The van der Waals surface area contributed by atoms with E-state index in [0.29, 0.717) is 5.92 Å². The Kier molecular flexibility index (Phi) is 1.84. The summed E-state index contributed by atoms with van der Waals surface area (Å²) >= 11 is 0. The lowest BCUT2D eigenvalue weighted by molar-refractivity contribution is -0.125. The van der Waals surface area contributed by atoms with Gasteiger partial charge in [0, 0.05) is 23.5 Å². The van der Waals surface area contributed by atoms with E-state index in [1.165, 1.54) is 0 Å². The van der Waals surface area contributed by atoms with Gasteiger partial charge in [-0.1, -0.05) is 0 Å². The summed E-state index contributed by atoms with van der Waals surface area (Å²) in [7, 11) is 0. The first-order valence-corrected chi connectivity index (χ1v) is 6.19. The monoisotopic (exact) mass is 223 g/mol. The summed E-state index contributed by atoms with van der Waals surface area (Å²) in [6.07, 6.45) is 6.01. The first kappa shape index (κ1) is 10.5. The number of hydrogen-bond donors (Lipinski definition) is 3. The van der Waals surface area contributed by atoms with Crippen molar-refractivity contribution in [1.29, 1.82) is 0 Å². The van der Waals surface area contributed by atoms with E-state index in [1.807, 2.05) is 0 Å². The lowest BCUT2D eigenvalue weighted by Crippen LogP contribution is -2.75. The maximum atomic E-state index is 11.3. The standard InChI is InChI=1S/C12H21N3O/c1-8(16)15-12-4-9-2-10(13,6-12)5-11(14,3-9)7-12/h9H,2-7,13-14H2,1H3,(H,15,16).